The molecule has 1 aromatic rings. The molecular formula is C15H20O3. The zero-order valence-corrected chi connectivity index (χ0v) is 11.1. The highest BCUT2D eigenvalue weighted by Gasteiger charge is 2.17. The van der Waals surface area contributed by atoms with Gasteiger partial charge in [0.05, 0.1) is 0 Å². The number of hydrogen-bond donors (Lipinski definition) is 1. The number of ketones is 1. The molecule has 0 aliphatic heterocycles. The molecule has 0 aliphatic carbocycles. The van der Waals surface area contributed by atoms with E-state index in [0.29, 0.717) is 5.92 Å². The van der Waals surface area contributed by atoms with Crippen LogP contribution in [0.4, 0.5) is 0 Å². The Hall–Kier alpha value is -1.64. The van der Waals surface area contributed by atoms with Crippen LogP contribution in [0.1, 0.15) is 44.2 Å². The van der Waals surface area contributed by atoms with Gasteiger partial charge in [-0.3, -0.25) is 9.59 Å². The second-order valence-corrected chi connectivity index (χ2v) is 5.10. The quantitative estimate of drug-likeness (QED) is 0.787. The van der Waals surface area contributed by atoms with Crippen LogP contribution in [-0.4, -0.2) is 16.9 Å². The van der Waals surface area contributed by atoms with Gasteiger partial charge in [-0.2, -0.15) is 0 Å². The van der Waals surface area contributed by atoms with Crippen molar-refractivity contribution >= 4 is 11.8 Å². The fraction of sp³-hybridized carbons (Fsp3) is 0.467. The van der Waals surface area contributed by atoms with Crippen LogP contribution < -0.4 is 0 Å². The Kier molecular flexibility index (Phi) is 5.08. The van der Waals surface area contributed by atoms with Gasteiger partial charge in [-0.05, 0) is 23.5 Å². The first-order valence-corrected chi connectivity index (χ1v) is 6.23. The highest BCUT2D eigenvalue weighted by Crippen LogP contribution is 2.19. The Bertz CT molecular complexity index is 418. The van der Waals surface area contributed by atoms with Crippen LogP contribution in [0.5, 0.6) is 0 Å². The molecule has 0 aliphatic rings. The zero-order valence-electron chi connectivity index (χ0n) is 11.1. The Morgan fingerprint density at radius 1 is 1.11 bits per heavy atom. The van der Waals surface area contributed by atoms with Gasteiger partial charge in [0.15, 0.2) is 5.78 Å². The number of hydrogen-bond acceptors (Lipinski definition) is 2. The number of carbonyl (C=O) groups is 2. The molecule has 98 valence electrons. The Morgan fingerprint density at radius 3 is 2.11 bits per heavy atom. The molecule has 0 aromatic heterocycles. The van der Waals surface area contributed by atoms with Crippen molar-refractivity contribution in [3.8, 4) is 0 Å². The smallest absolute Gasteiger partial charge is 0.310 e. The fourth-order valence-corrected chi connectivity index (χ4v) is 1.90. The molecule has 0 heterocycles. The van der Waals surface area contributed by atoms with Gasteiger partial charge in [0, 0.05) is 5.92 Å². The average molecular weight is 248 g/mol. The van der Waals surface area contributed by atoms with Crippen LogP contribution in [0, 0.1) is 5.92 Å². The summed E-state index contributed by atoms with van der Waals surface area (Å²) in [6.45, 7) is 6.07. The third-order valence-corrected chi connectivity index (χ3v) is 2.93. The van der Waals surface area contributed by atoms with Crippen molar-refractivity contribution in [2.45, 2.75) is 39.5 Å². The Morgan fingerprint density at radius 2 is 1.67 bits per heavy atom. The van der Waals surface area contributed by atoms with Crippen LogP contribution in [0.25, 0.3) is 0 Å². The van der Waals surface area contributed by atoms with Crippen LogP contribution in [0.15, 0.2) is 24.3 Å². The van der Waals surface area contributed by atoms with Crippen molar-refractivity contribution in [3.05, 3.63) is 35.4 Å². The lowest BCUT2D eigenvalue weighted by molar-refractivity contribution is -0.140. The molecule has 0 saturated heterocycles. The maximum atomic E-state index is 11.6. The summed E-state index contributed by atoms with van der Waals surface area (Å²) in [6, 6.07) is 7.87. The summed E-state index contributed by atoms with van der Waals surface area (Å²) >= 11 is 0. The lowest BCUT2D eigenvalue weighted by Crippen LogP contribution is -2.13. The molecule has 1 atom stereocenters. The molecule has 1 rings (SSSR count). The lowest BCUT2D eigenvalue weighted by atomic mass is 9.93. The number of Topliss-reactive ketones (excluding diaryl/α,β-unsaturated/α-hetero) is 1. The summed E-state index contributed by atoms with van der Waals surface area (Å²) in [4.78, 5) is 22.1. The predicted octanol–water partition coefficient (Wildman–Crippen LogP) is 3.03. The molecule has 0 radical (unpaired) electrons. The summed E-state index contributed by atoms with van der Waals surface area (Å²) < 4.78 is 0. The monoisotopic (exact) mass is 248 g/mol. The van der Waals surface area contributed by atoms with Crippen molar-refractivity contribution in [2.75, 3.05) is 0 Å². The number of aliphatic carboxylic acids is 1. The van der Waals surface area contributed by atoms with E-state index < -0.39 is 12.4 Å². The highest BCUT2D eigenvalue weighted by atomic mass is 16.4. The summed E-state index contributed by atoms with van der Waals surface area (Å²) in [6.07, 6.45) is 0.604. The van der Waals surface area contributed by atoms with Crippen LogP contribution >= 0.6 is 0 Å². The van der Waals surface area contributed by atoms with Crippen molar-refractivity contribution in [1.82, 2.24) is 0 Å². The third-order valence-electron chi connectivity index (χ3n) is 2.93. The van der Waals surface area contributed by atoms with Crippen molar-refractivity contribution in [1.29, 1.82) is 0 Å². The van der Waals surface area contributed by atoms with E-state index in [9.17, 15) is 9.59 Å². The van der Waals surface area contributed by atoms with Gasteiger partial charge in [0.1, 0.15) is 6.42 Å². The van der Waals surface area contributed by atoms with Gasteiger partial charge in [-0.25, -0.2) is 0 Å². The summed E-state index contributed by atoms with van der Waals surface area (Å²) in [7, 11) is 0. The number of benzene rings is 1. The summed E-state index contributed by atoms with van der Waals surface area (Å²) in [5.41, 5.74) is 2.13. The van der Waals surface area contributed by atoms with E-state index in [0.717, 1.165) is 12.0 Å². The fourth-order valence-electron chi connectivity index (χ4n) is 1.90. The average Bonchev–Trinajstić information content (AvgIpc) is 2.27. The van der Waals surface area contributed by atoms with E-state index in [2.05, 4.69) is 13.8 Å². The predicted molar refractivity (Wildman–Crippen MR) is 70.7 cm³/mol. The van der Waals surface area contributed by atoms with Gasteiger partial charge in [0.25, 0.3) is 0 Å². The number of carboxylic acid groups (broad SMARTS) is 1. The topological polar surface area (TPSA) is 54.4 Å². The molecule has 0 fully saturated rings. The van der Waals surface area contributed by atoms with Gasteiger partial charge in [0.2, 0.25) is 0 Å². The van der Waals surface area contributed by atoms with E-state index in [-0.39, 0.29) is 11.7 Å². The van der Waals surface area contributed by atoms with Gasteiger partial charge >= 0.3 is 5.97 Å². The molecule has 0 bridgehead atoms. The van der Waals surface area contributed by atoms with Crippen LogP contribution in [-0.2, 0) is 16.0 Å². The van der Waals surface area contributed by atoms with E-state index in [1.807, 2.05) is 24.3 Å². The first-order chi connectivity index (χ1) is 8.40. The van der Waals surface area contributed by atoms with Crippen LogP contribution in [0.3, 0.4) is 0 Å². The second kappa shape index (κ2) is 6.34. The second-order valence-electron chi connectivity index (χ2n) is 5.10. The highest BCUT2D eigenvalue weighted by molar-refractivity contribution is 5.98. The lowest BCUT2D eigenvalue weighted by Gasteiger charge is -2.11. The largest absolute Gasteiger partial charge is 0.481 e. The number of carbonyl (C=O) groups excluding carboxylic acids is 1. The number of carboxylic acids is 1. The van der Waals surface area contributed by atoms with Gasteiger partial charge < -0.3 is 5.11 Å². The Labute approximate surface area is 108 Å². The summed E-state index contributed by atoms with van der Waals surface area (Å²) in [5, 5.41) is 8.60. The number of rotatable bonds is 6. The SMILES string of the molecule is CC(C)Cc1ccc([C@H](C)C(=O)CC(=O)O)cc1. The van der Waals surface area contributed by atoms with Crippen molar-refractivity contribution < 1.29 is 14.7 Å². The molecule has 1 N–H and O–H groups in total. The van der Waals surface area contributed by atoms with E-state index >= 15 is 0 Å². The van der Waals surface area contributed by atoms with Crippen molar-refractivity contribution in [3.63, 3.8) is 0 Å². The molecule has 0 unspecified atom stereocenters. The maximum Gasteiger partial charge on any atom is 0.310 e. The van der Waals surface area contributed by atoms with Gasteiger partial charge in [-0.15, -0.1) is 0 Å². The molecule has 1 aromatic carbocycles. The molecule has 0 spiro atoms. The van der Waals surface area contributed by atoms with E-state index in [1.165, 1.54) is 5.56 Å². The standard InChI is InChI=1S/C15H20O3/c1-10(2)8-12-4-6-13(7-5-12)11(3)14(16)9-15(17)18/h4-7,10-11H,8-9H2,1-3H3,(H,17,18)/t11-/m0/s1. The van der Waals surface area contributed by atoms with E-state index in [1.54, 1.807) is 6.92 Å². The molecular weight excluding hydrogens is 228 g/mol. The minimum atomic E-state index is -1.07. The first kappa shape index (κ1) is 14.4. The Balaban J connectivity index is 2.72. The van der Waals surface area contributed by atoms with Crippen LogP contribution in [0.2, 0.25) is 0 Å². The minimum Gasteiger partial charge on any atom is -0.481 e. The molecule has 18 heavy (non-hydrogen) atoms. The van der Waals surface area contributed by atoms with Crippen molar-refractivity contribution in [2.24, 2.45) is 5.92 Å². The summed E-state index contributed by atoms with van der Waals surface area (Å²) in [5.74, 6) is -1.07. The molecule has 0 amide bonds. The molecule has 3 nitrogen and oxygen atoms in total. The minimum absolute atomic E-state index is 0.251. The molecule has 0 saturated carbocycles. The zero-order chi connectivity index (χ0) is 13.7. The normalized spacial score (nSPS) is 12.4. The van der Waals surface area contributed by atoms with E-state index in [4.69, 9.17) is 5.11 Å². The first-order valence-electron chi connectivity index (χ1n) is 6.23. The maximum absolute atomic E-state index is 11.6. The van der Waals surface area contributed by atoms with Gasteiger partial charge in [-0.1, -0.05) is 45.0 Å². The molecule has 3 heteroatoms. The third kappa shape index (κ3) is 4.32.